The first-order chi connectivity index (χ1) is 16.5. The number of hydrogen-bond acceptors (Lipinski definition) is 5. The van der Waals surface area contributed by atoms with Crippen molar-refractivity contribution in [2.45, 2.75) is 36.4 Å². The zero-order valence-corrected chi connectivity index (χ0v) is 20.4. The number of thioether (sulfide) groups is 1. The number of aromatic carboxylic acids is 1. The maximum absolute atomic E-state index is 13.9. The molecule has 0 radical (unpaired) electrons. The highest BCUT2D eigenvalue weighted by molar-refractivity contribution is 8.01. The van der Waals surface area contributed by atoms with Gasteiger partial charge in [-0.1, -0.05) is 55.5 Å². The van der Waals surface area contributed by atoms with Crippen molar-refractivity contribution in [3.63, 3.8) is 0 Å². The van der Waals surface area contributed by atoms with Gasteiger partial charge in [0.25, 0.3) is 0 Å². The Morgan fingerprint density at radius 3 is 2.49 bits per heavy atom. The van der Waals surface area contributed by atoms with Crippen molar-refractivity contribution in [2.75, 3.05) is 0 Å². The first-order valence-electron chi connectivity index (χ1n) is 10.4. The number of hydrogen-bond donors (Lipinski definition) is 1. The van der Waals surface area contributed by atoms with Gasteiger partial charge in [-0.3, -0.25) is 0 Å². The fraction of sp³-hybridized carbons (Fsp3) is 0.208. The molecule has 2 aromatic carbocycles. The van der Waals surface area contributed by atoms with Crippen LogP contribution in [0, 0.1) is 12.7 Å². The van der Waals surface area contributed by atoms with E-state index in [-0.39, 0.29) is 32.9 Å². The fourth-order valence-corrected chi connectivity index (χ4v) is 6.10. The van der Waals surface area contributed by atoms with Crippen molar-refractivity contribution in [3.8, 4) is 27.5 Å². The van der Waals surface area contributed by atoms with Crippen molar-refractivity contribution >= 4 is 29.1 Å². The molecule has 1 N–H and O–H groups in total. The van der Waals surface area contributed by atoms with Gasteiger partial charge in [0.15, 0.2) is 5.69 Å². The zero-order valence-electron chi connectivity index (χ0n) is 18.7. The van der Waals surface area contributed by atoms with Crippen LogP contribution in [0.3, 0.4) is 0 Å². The lowest BCUT2D eigenvalue weighted by Crippen LogP contribution is -2.09. The Bertz CT molecular complexity index is 1410. The molecule has 0 aliphatic rings. The molecule has 0 unspecified atom stereocenters. The van der Waals surface area contributed by atoms with E-state index in [2.05, 4.69) is 10.1 Å². The van der Waals surface area contributed by atoms with Crippen LogP contribution in [-0.4, -0.2) is 31.1 Å². The number of rotatable bonds is 6. The number of thiazole rings is 1. The van der Waals surface area contributed by atoms with Gasteiger partial charge < -0.3 is 5.11 Å². The number of benzene rings is 2. The molecule has 0 amide bonds. The number of carboxylic acids is 1. The van der Waals surface area contributed by atoms with Crippen LogP contribution in [0.1, 0.15) is 35.6 Å². The second-order valence-electron chi connectivity index (χ2n) is 7.88. The molecule has 5 nitrogen and oxygen atoms in total. The smallest absolute Gasteiger partial charge is 0.417 e. The highest BCUT2D eigenvalue weighted by Crippen LogP contribution is 2.44. The van der Waals surface area contributed by atoms with E-state index in [0.717, 1.165) is 22.1 Å². The van der Waals surface area contributed by atoms with E-state index in [1.807, 2.05) is 13.8 Å². The molecule has 0 saturated heterocycles. The van der Waals surface area contributed by atoms with Crippen molar-refractivity contribution < 1.29 is 27.5 Å². The first-order valence-corrected chi connectivity index (χ1v) is 12.1. The van der Waals surface area contributed by atoms with Crippen LogP contribution in [-0.2, 0) is 6.18 Å². The zero-order chi connectivity index (χ0) is 25.5. The van der Waals surface area contributed by atoms with Gasteiger partial charge in [-0.05, 0) is 30.7 Å². The standard InChI is InChI=1S/C24H19F4N3O2S2/c1-12(2)34-22-19(16-9-4-5-10-17(16)24(26,27)28)29-23(35-22)31-20(21(32)33)18(13(3)30-31)14-7-6-8-15(25)11-14/h4-12H,1-3H3,(H,32,33). The van der Waals surface area contributed by atoms with E-state index in [4.69, 9.17) is 0 Å². The van der Waals surface area contributed by atoms with E-state index < -0.39 is 23.5 Å². The van der Waals surface area contributed by atoms with Crippen LogP contribution in [0.4, 0.5) is 17.6 Å². The molecule has 35 heavy (non-hydrogen) atoms. The molecule has 4 rings (SSSR count). The second kappa shape index (κ2) is 9.46. The second-order valence-corrected chi connectivity index (χ2v) is 10.7. The summed E-state index contributed by atoms with van der Waals surface area (Å²) in [5.41, 5.74) is -0.232. The Hall–Kier alpha value is -3.18. The highest BCUT2D eigenvalue weighted by atomic mass is 32.2. The van der Waals surface area contributed by atoms with E-state index in [1.165, 1.54) is 48.2 Å². The van der Waals surface area contributed by atoms with Crippen LogP contribution >= 0.6 is 23.1 Å². The largest absolute Gasteiger partial charge is 0.476 e. The van der Waals surface area contributed by atoms with Crippen LogP contribution in [0.2, 0.25) is 0 Å². The van der Waals surface area contributed by atoms with Crippen LogP contribution in [0.25, 0.3) is 27.5 Å². The lowest BCUT2D eigenvalue weighted by atomic mass is 10.0. The third kappa shape index (κ3) is 4.96. The molecule has 0 aliphatic heterocycles. The van der Waals surface area contributed by atoms with E-state index in [0.29, 0.717) is 15.5 Å². The molecule has 182 valence electrons. The number of aromatic nitrogens is 3. The predicted molar refractivity (Wildman–Crippen MR) is 128 cm³/mol. The molecule has 4 aromatic rings. The molecule has 0 atom stereocenters. The summed E-state index contributed by atoms with van der Waals surface area (Å²) >= 11 is 2.38. The minimum Gasteiger partial charge on any atom is -0.476 e. The third-order valence-corrected chi connectivity index (χ3v) is 7.22. The minimum atomic E-state index is -4.60. The van der Waals surface area contributed by atoms with Gasteiger partial charge in [-0.25, -0.2) is 14.2 Å². The maximum Gasteiger partial charge on any atom is 0.417 e. The Balaban J connectivity index is 1.96. The quantitative estimate of drug-likeness (QED) is 0.213. The van der Waals surface area contributed by atoms with Crippen LogP contribution in [0.15, 0.2) is 52.7 Å². The maximum atomic E-state index is 13.9. The fourth-order valence-electron chi connectivity index (χ4n) is 3.64. The lowest BCUT2D eigenvalue weighted by molar-refractivity contribution is -0.137. The van der Waals surface area contributed by atoms with Crippen molar-refractivity contribution in [1.29, 1.82) is 0 Å². The molecule has 0 fully saturated rings. The minimum absolute atomic E-state index is 0.0289. The molecule has 11 heteroatoms. The molecule has 2 heterocycles. The third-order valence-electron chi connectivity index (χ3n) is 4.97. The number of halogens is 4. The molecular weight excluding hydrogens is 502 g/mol. The highest BCUT2D eigenvalue weighted by Gasteiger charge is 2.35. The van der Waals surface area contributed by atoms with Gasteiger partial charge >= 0.3 is 12.1 Å². The van der Waals surface area contributed by atoms with Gasteiger partial charge in [0.1, 0.15) is 5.82 Å². The number of aryl methyl sites for hydroxylation is 1. The van der Waals surface area contributed by atoms with E-state index in [1.54, 1.807) is 13.0 Å². The number of alkyl halides is 3. The molecule has 0 spiro atoms. The van der Waals surface area contributed by atoms with E-state index in [9.17, 15) is 27.5 Å². The van der Waals surface area contributed by atoms with E-state index >= 15 is 0 Å². The van der Waals surface area contributed by atoms with Gasteiger partial charge in [-0.2, -0.15) is 23.0 Å². The Morgan fingerprint density at radius 2 is 1.86 bits per heavy atom. The summed E-state index contributed by atoms with van der Waals surface area (Å²) in [6, 6.07) is 10.6. The summed E-state index contributed by atoms with van der Waals surface area (Å²) < 4.78 is 56.7. The number of carbonyl (C=O) groups is 1. The summed E-state index contributed by atoms with van der Waals surface area (Å²) in [5, 5.41) is 14.5. The Kier molecular flexibility index (Phi) is 6.74. The lowest BCUT2D eigenvalue weighted by Gasteiger charge is -2.12. The Labute approximate surface area is 206 Å². The van der Waals surface area contributed by atoms with Gasteiger partial charge in [0, 0.05) is 16.4 Å². The summed E-state index contributed by atoms with van der Waals surface area (Å²) in [4.78, 5) is 16.7. The SMILES string of the molecule is Cc1nn(-c2nc(-c3ccccc3C(F)(F)F)c(SC(C)C)s2)c(C(=O)O)c1-c1cccc(F)c1. The topological polar surface area (TPSA) is 68.0 Å². The van der Waals surface area contributed by atoms with Crippen molar-refractivity contribution in [3.05, 3.63) is 71.3 Å². The average Bonchev–Trinajstić information content (AvgIpc) is 3.33. The predicted octanol–water partition coefficient (Wildman–Crippen LogP) is 7.33. The normalized spacial score (nSPS) is 11.9. The number of carboxylic acid groups (broad SMARTS) is 1. The van der Waals surface area contributed by atoms with Gasteiger partial charge in [0.05, 0.1) is 21.2 Å². The molecule has 0 aliphatic carbocycles. The summed E-state index contributed by atoms with van der Waals surface area (Å²) in [5.74, 6) is -1.86. The van der Waals surface area contributed by atoms with Crippen LogP contribution < -0.4 is 0 Å². The summed E-state index contributed by atoms with van der Waals surface area (Å²) in [7, 11) is 0. The summed E-state index contributed by atoms with van der Waals surface area (Å²) in [6.07, 6.45) is -4.60. The first kappa shape index (κ1) is 24.9. The molecular formula is C24H19F4N3O2S2. The van der Waals surface area contributed by atoms with Gasteiger partial charge in [-0.15, -0.1) is 11.8 Å². The van der Waals surface area contributed by atoms with Crippen LogP contribution in [0.5, 0.6) is 0 Å². The number of nitrogens with zero attached hydrogens (tertiary/aromatic N) is 3. The monoisotopic (exact) mass is 521 g/mol. The molecule has 2 aromatic heterocycles. The molecule has 0 bridgehead atoms. The summed E-state index contributed by atoms with van der Waals surface area (Å²) in [6.45, 7) is 5.37. The van der Waals surface area contributed by atoms with Crippen molar-refractivity contribution in [1.82, 2.24) is 14.8 Å². The molecule has 0 saturated carbocycles. The van der Waals surface area contributed by atoms with Gasteiger partial charge in [0.2, 0.25) is 5.13 Å². The van der Waals surface area contributed by atoms with Crippen molar-refractivity contribution in [2.24, 2.45) is 0 Å². The average molecular weight is 522 g/mol. The Morgan fingerprint density at radius 1 is 1.14 bits per heavy atom.